The summed E-state index contributed by atoms with van der Waals surface area (Å²) in [5.74, 6) is 0.780. The Hall–Kier alpha value is -1.30. The van der Waals surface area contributed by atoms with Gasteiger partial charge in [-0.2, -0.15) is 0 Å². The highest BCUT2D eigenvalue weighted by Crippen LogP contribution is 2.40. The van der Waals surface area contributed by atoms with Crippen molar-refractivity contribution >= 4 is 10.8 Å². The van der Waals surface area contributed by atoms with Crippen LogP contribution >= 0.6 is 0 Å². The Kier molecular flexibility index (Phi) is 2.88. The van der Waals surface area contributed by atoms with E-state index < -0.39 is 0 Å². The van der Waals surface area contributed by atoms with E-state index in [4.69, 9.17) is 0 Å². The van der Waals surface area contributed by atoms with Gasteiger partial charge < -0.3 is 0 Å². The van der Waals surface area contributed by atoms with Gasteiger partial charge in [-0.1, -0.05) is 62.6 Å². The number of benzene rings is 2. The highest BCUT2D eigenvalue weighted by Gasteiger charge is 2.23. The lowest BCUT2D eigenvalue weighted by Crippen LogP contribution is -1.96. The van der Waals surface area contributed by atoms with Crippen molar-refractivity contribution in [1.29, 1.82) is 0 Å². The summed E-state index contributed by atoms with van der Waals surface area (Å²) < 4.78 is 0. The van der Waals surface area contributed by atoms with Gasteiger partial charge in [-0.25, -0.2) is 0 Å². The zero-order valence-corrected chi connectivity index (χ0v) is 10.6. The van der Waals surface area contributed by atoms with Gasteiger partial charge in [0, 0.05) is 0 Å². The molecule has 0 aromatic heterocycles. The molecule has 0 nitrogen and oxygen atoms in total. The third kappa shape index (κ3) is 1.86. The maximum absolute atomic E-state index is 2.34. The lowest BCUT2D eigenvalue weighted by molar-refractivity contribution is 0.577. The minimum Gasteiger partial charge on any atom is -0.0654 e. The molecular weight excluding hydrogens is 204 g/mol. The number of hydrogen-bond acceptors (Lipinski definition) is 0. The third-order valence-corrected chi connectivity index (χ3v) is 4.09. The number of unbranched alkanes of at least 4 members (excludes halogenated alkanes) is 2. The Balaban J connectivity index is 1.93. The third-order valence-electron chi connectivity index (χ3n) is 4.09. The molecule has 0 spiro atoms. The molecule has 0 amide bonds. The smallest absolute Gasteiger partial charge is 0.0115 e. The van der Waals surface area contributed by atoms with Crippen molar-refractivity contribution in [3.05, 3.63) is 47.5 Å². The molecule has 0 saturated carbocycles. The lowest BCUT2D eigenvalue weighted by Gasteiger charge is -2.10. The molecule has 1 unspecified atom stereocenters. The number of hydrogen-bond donors (Lipinski definition) is 0. The lowest BCUT2D eigenvalue weighted by atomic mass is 9.94. The molecule has 0 N–H and O–H groups in total. The molecule has 1 atom stereocenters. The topological polar surface area (TPSA) is 0 Å². The van der Waals surface area contributed by atoms with Gasteiger partial charge in [-0.15, -0.1) is 0 Å². The van der Waals surface area contributed by atoms with Gasteiger partial charge in [0.15, 0.2) is 0 Å². The minimum atomic E-state index is 0.780. The summed E-state index contributed by atoms with van der Waals surface area (Å²) >= 11 is 0. The van der Waals surface area contributed by atoms with Gasteiger partial charge >= 0.3 is 0 Å². The quantitative estimate of drug-likeness (QED) is 0.637. The predicted molar refractivity (Wildman–Crippen MR) is 74.5 cm³/mol. The van der Waals surface area contributed by atoms with Gasteiger partial charge in [0.25, 0.3) is 0 Å². The molecule has 0 radical (unpaired) electrons. The van der Waals surface area contributed by atoms with Crippen molar-refractivity contribution in [1.82, 2.24) is 0 Å². The van der Waals surface area contributed by atoms with Crippen LogP contribution in [0.2, 0.25) is 0 Å². The Morgan fingerprint density at radius 1 is 1.06 bits per heavy atom. The van der Waals surface area contributed by atoms with Crippen molar-refractivity contribution < 1.29 is 0 Å². The van der Waals surface area contributed by atoms with E-state index in [0.29, 0.717) is 0 Å². The standard InChI is InChI=1S/C17H20/c1-2-3-4-7-14-12-15-10-5-8-13-9-6-11-16(14)17(13)15/h5-6,8-11,14H,2-4,7,12H2,1H3. The molecular formula is C17H20. The van der Waals surface area contributed by atoms with Crippen LogP contribution in [-0.4, -0.2) is 0 Å². The minimum absolute atomic E-state index is 0.780. The molecule has 0 fully saturated rings. The average molecular weight is 224 g/mol. The van der Waals surface area contributed by atoms with Crippen LogP contribution in [0.3, 0.4) is 0 Å². The van der Waals surface area contributed by atoms with E-state index in [9.17, 15) is 0 Å². The second-order valence-corrected chi connectivity index (χ2v) is 5.26. The molecule has 0 heterocycles. The SMILES string of the molecule is CCCCCC1Cc2cccc3cccc1c23. The largest absolute Gasteiger partial charge is 0.0654 e. The summed E-state index contributed by atoms with van der Waals surface area (Å²) in [6.45, 7) is 2.28. The Labute approximate surface area is 104 Å². The fourth-order valence-electron chi connectivity index (χ4n) is 3.23. The molecule has 88 valence electrons. The molecule has 1 aliphatic carbocycles. The van der Waals surface area contributed by atoms with Gasteiger partial charge in [0.05, 0.1) is 0 Å². The summed E-state index contributed by atoms with van der Waals surface area (Å²) in [5, 5.41) is 2.98. The molecule has 0 aliphatic heterocycles. The Morgan fingerprint density at radius 3 is 2.71 bits per heavy atom. The maximum atomic E-state index is 2.34. The summed E-state index contributed by atoms with van der Waals surface area (Å²) in [6.07, 6.45) is 6.71. The van der Waals surface area contributed by atoms with E-state index in [0.717, 1.165) is 5.92 Å². The first-order valence-electron chi connectivity index (χ1n) is 6.90. The van der Waals surface area contributed by atoms with E-state index in [1.165, 1.54) is 37.5 Å². The first-order chi connectivity index (χ1) is 8.40. The highest BCUT2D eigenvalue weighted by atomic mass is 14.3. The van der Waals surface area contributed by atoms with Gasteiger partial charge in [-0.3, -0.25) is 0 Å². The van der Waals surface area contributed by atoms with E-state index in [1.54, 1.807) is 16.5 Å². The molecule has 2 aromatic rings. The van der Waals surface area contributed by atoms with Crippen LogP contribution in [-0.2, 0) is 6.42 Å². The predicted octanol–water partition coefficient (Wildman–Crippen LogP) is 5.06. The highest BCUT2D eigenvalue weighted by molar-refractivity contribution is 5.91. The first-order valence-corrected chi connectivity index (χ1v) is 6.90. The summed E-state index contributed by atoms with van der Waals surface area (Å²) in [7, 11) is 0. The van der Waals surface area contributed by atoms with Crippen LogP contribution in [0.15, 0.2) is 36.4 Å². The zero-order chi connectivity index (χ0) is 11.7. The van der Waals surface area contributed by atoms with Crippen molar-refractivity contribution in [2.75, 3.05) is 0 Å². The van der Waals surface area contributed by atoms with Crippen LogP contribution in [0, 0.1) is 0 Å². The number of rotatable bonds is 4. The molecule has 3 rings (SSSR count). The summed E-state index contributed by atoms with van der Waals surface area (Å²) in [4.78, 5) is 0. The molecule has 0 bridgehead atoms. The second kappa shape index (κ2) is 4.52. The fraction of sp³-hybridized carbons (Fsp3) is 0.412. The summed E-state index contributed by atoms with van der Waals surface area (Å²) in [6, 6.07) is 13.6. The van der Waals surface area contributed by atoms with Crippen molar-refractivity contribution in [3.8, 4) is 0 Å². The van der Waals surface area contributed by atoms with E-state index in [2.05, 4.69) is 43.3 Å². The average Bonchev–Trinajstić information content (AvgIpc) is 2.71. The van der Waals surface area contributed by atoms with E-state index in [-0.39, 0.29) is 0 Å². The molecule has 2 aromatic carbocycles. The fourth-order valence-corrected chi connectivity index (χ4v) is 3.23. The Bertz CT molecular complexity index is 519. The van der Waals surface area contributed by atoms with Crippen molar-refractivity contribution in [2.24, 2.45) is 0 Å². The maximum Gasteiger partial charge on any atom is -0.0115 e. The Morgan fingerprint density at radius 2 is 1.88 bits per heavy atom. The second-order valence-electron chi connectivity index (χ2n) is 5.26. The van der Waals surface area contributed by atoms with Crippen LogP contribution < -0.4 is 0 Å². The van der Waals surface area contributed by atoms with Crippen LogP contribution in [0.4, 0.5) is 0 Å². The van der Waals surface area contributed by atoms with E-state index in [1.807, 2.05) is 0 Å². The van der Waals surface area contributed by atoms with Crippen LogP contribution in [0.5, 0.6) is 0 Å². The van der Waals surface area contributed by atoms with Crippen LogP contribution in [0.25, 0.3) is 10.8 Å². The van der Waals surface area contributed by atoms with Crippen molar-refractivity contribution in [3.63, 3.8) is 0 Å². The molecule has 0 saturated heterocycles. The summed E-state index contributed by atoms with van der Waals surface area (Å²) in [5.41, 5.74) is 3.17. The van der Waals surface area contributed by atoms with Crippen molar-refractivity contribution in [2.45, 2.75) is 44.9 Å². The van der Waals surface area contributed by atoms with Gasteiger partial charge in [0.2, 0.25) is 0 Å². The van der Waals surface area contributed by atoms with Gasteiger partial charge in [0.1, 0.15) is 0 Å². The van der Waals surface area contributed by atoms with E-state index >= 15 is 0 Å². The van der Waals surface area contributed by atoms with Gasteiger partial charge in [-0.05, 0) is 40.7 Å². The molecule has 1 aliphatic rings. The first kappa shape index (κ1) is 10.8. The normalized spacial score (nSPS) is 17.8. The zero-order valence-electron chi connectivity index (χ0n) is 10.6. The van der Waals surface area contributed by atoms with Crippen LogP contribution in [0.1, 0.15) is 49.7 Å². The molecule has 0 heteroatoms. The monoisotopic (exact) mass is 224 g/mol. The molecule has 17 heavy (non-hydrogen) atoms.